The molecule has 6 heteroatoms. The number of aliphatic hydroxyl groups excluding tert-OH is 1. The number of ether oxygens (including phenoxy) is 2. The fraction of sp³-hybridized carbons (Fsp3) is 0.947. The van der Waals surface area contributed by atoms with Crippen LogP contribution in [0.4, 0.5) is 0 Å². The average molecular weight is 356 g/mol. The van der Waals surface area contributed by atoms with Crippen molar-refractivity contribution in [3.8, 4) is 0 Å². The van der Waals surface area contributed by atoms with Gasteiger partial charge in [0.15, 0.2) is 5.96 Å². The molecule has 0 radical (unpaired) electrons. The van der Waals surface area contributed by atoms with Crippen LogP contribution in [0.5, 0.6) is 0 Å². The van der Waals surface area contributed by atoms with Crippen LogP contribution in [0.3, 0.4) is 0 Å². The molecule has 2 saturated carbocycles. The van der Waals surface area contributed by atoms with Crippen molar-refractivity contribution in [2.24, 2.45) is 10.9 Å². The van der Waals surface area contributed by atoms with Gasteiger partial charge in [0.2, 0.25) is 0 Å². The second-order valence-corrected chi connectivity index (χ2v) is 7.27. The summed E-state index contributed by atoms with van der Waals surface area (Å²) >= 11 is 0. The third-order valence-electron chi connectivity index (χ3n) is 4.68. The lowest BCUT2D eigenvalue weighted by atomic mass is 9.98. The Labute approximate surface area is 152 Å². The minimum Gasteiger partial charge on any atom is -0.389 e. The van der Waals surface area contributed by atoms with E-state index in [0.29, 0.717) is 19.3 Å². The summed E-state index contributed by atoms with van der Waals surface area (Å²) in [5.74, 6) is 1.48. The van der Waals surface area contributed by atoms with E-state index in [4.69, 9.17) is 9.47 Å². The molecule has 0 aliphatic heterocycles. The van der Waals surface area contributed by atoms with Crippen LogP contribution < -0.4 is 10.6 Å². The summed E-state index contributed by atoms with van der Waals surface area (Å²) in [7, 11) is 0. The molecule has 0 aromatic carbocycles. The quantitative estimate of drug-likeness (QED) is 0.284. The van der Waals surface area contributed by atoms with Gasteiger partial charge in [-0.2, -0.15) is 0 Å². The van der Waals surface area contributed by atoms with E-state index in [-0.39, 0.29) is 0 Å². The monoisotopic (exact) mass is 355 g/mol. The smallest absolute Gasteiger partial charge is 0.191 e. The lowest BCUT2D eigenvalue weighted by Crippen LogP contribution is -2.39. The van der Waals surface area contributed by atoms with Gasteiger partial charge >= 0.3 is 0 Å². The van der Waals surface area contributed by atoms with E-state index < -0.39 is 6.10 Å². The molecule has 0 saturated heterocycles. The highest BCUT2D eigenvalue weighted by molar-refractivity contribution is 5.79. The van der Waals surface area contributed by atoms with Crippen molar-refractivity contribution in [2.75, 3.05) is 39.5 Å². The first-order valence-electron chi connectivity index (χ1n) is 10.2. The molecule has 0 bridgehead atoms. The Balaban J connectivity index is 1.52. The predicted molar refractivity (Wildman–Crippen MR) is 101 cm³/mol. The Morgan fingerprint density at radius 3 is 2.68 bits per heavy atom. The van der Waals surface area contributed by atoms with Gasteiger partial charge in [-0.15, -0.1) is 0 Å². The van der Waals surface area contributed by atoms with Gasteiger partial charge in [-0.25, -0.2) is 0 Å². The maximum absolute atomic E-state index is 9.95. The summed E-state index contributed by atoms with van der Waals surface area (Å²) in [6, 6.07) is 0. The van der Waals surface area contributed by atoms with Crippen molar-refractivity contribution in [3.05, 3.63) is 0 Å². The van der Waals surface area contributed by atoms with Crippen molar-refractivity contribution >= 4 is 5.96 Å². The van der Waals surface area contributed by atoms with Gasteiger partial charge in [0, 0.05) is 26.3 Å². The first-order chi connectivity index (χ1) is 12.3. The normalized spacial score (nSPS) is 20.5. The average Bonchev–Trinajstić information content (AvgIpc) is 3.44. The van der Waals surface area contributed by atoms with Gasteiger partial charge in [-0.05, 0) is 44.9 Å². The third-order valence-corrected chi connectivity index (χ3v) is 4.68. The maximum Gasteiger partial charge on any atom is 0.191 e. The molecule has 2 fully saturated rings. The molecular weight excluding hydrogens is 318 g/mol. The Morgan fingerprint density at radius 1 is 1.16 bits per heavy atom. The predicted octanol–water partition coefficient (Wildman–Crippen LogP) is 2.07. The second-order valence-electron chi connectivity index (χ2n) is 7.27. The van der Waals surface area contributed by atoms with E-state index in [0.717, 1.165) is 44.6 Å². The standard InChI is InChI=1S/C19H37N3O3/c1-2-20-19(22-13-17(23)15-24-14-16-9-10-16)21-11-6-12-25-18-7-4-3-5-8-18/h16-18,23H,2-15H2,1H3,(H2,20,21,22). The number of aliphatic imine (C=N–C) groups is 1. The van der Waals surface area contributed by atoms with Crippen LogP contribution >= 0.6 is 0 Å². The molecule has 1 unspecified atom stereocenters. The molecule has 1 atom stereocenters. The van der Waals surface area contributed by atoms with E-state index in [9.17, 15) is 5.11 Å². The minimum atomic E-state index is -0.538. The highest BCUT2D eigenvalue weighted by atomic mass is 16.5. The van der Waals surface area contributed by atoms with Gasteiger partial charge in [-0.1, -0.05) is 19.3 Å². The van der Waals surface area contributed by atoms with Crippen molar-refractivity contribution < 1.29 is 14.6 Å². The van der Waals surface area contributed by atoms with Gasteiger partial charge in [0.05, 0.1) is 25.4 Å². The highest BCUT2D eigenvalue weighted by Crippen LogP contribution is 2.28. The molecule has 25 heavy (non-hydrogen) atoms. The molecule has 2 aliphatic rings. The fourth-order valence-corrected chi connectivity index (χ4v) is 3.01. The number of hydrogen-bond acceptors (Lipinski definition) is 4. The van der Waals surface area contributed by atoms with E-state index in [1.165, 1.54) is 44.9 Å². The second kappa shape index (κ2) is 12.5. The van der Waals surface area contributed by atoms with Crippen LogP contribution in [0.2, 0.25) is 0 Å². The first kappa shape index (κ1) is 20.5. The molecule has 2 aliphatic carbocycles. The Bertz CT molecular complexity index is 369. The van der Waals surface area contributed by atoms with Gasteiger partial charge in [-0.3, -0.25) is 4.99 Å². The fourth-order valence-electron chi connectivity index (χ4n) is 3.01. The molecule has 0 aromatic rings. The zero-order valence-electron chi connectivity index (χ0n) is 15.8. The summed E-state index contributed by atoms with van der Waals surface area (Å²) in [6.45, 7) is 5.98. The lowest BCUT2D eigenvalue weighted by Gasteiger charge is -2.22. The number of nitrogens with one attached hydrogen (secondary N) is 2. The van der Waals surface area contributed by atoms with E-state index in [2.05, 4.69) is 15.6 Å². The summed E-state index contributed by atoms with van der Waals surface area (Å²) in [5.41, 5.74) is 0. The van der Waals surface area contributed by atoms with E-state index in [1.807, 2.05) is 6.92 Å². The molecule has 0 spiro atoms. The Kier molecular flexibility index (Phi) is 10.2. The number of aliphatic hydroxyl groups is 1. The molecular formula is C19H37N3O3. The molecule has 146 valence electrons. The van der Waals surface area contributed by atoms with Crippen molar-refractivity contribution in [3.63, 3.8) is 0 Å². The third kappa shape index (κ3) is 10.0. The van der Waals surface area contributed by atoms with Crippen LogP contribution in [0.25, 0.3) is 0 Å². The van der Waals surface area contributed by atoms with Gasteiger partial charge in [0.25, 0.3) is 0 Å². The molecule has 3 N–H and O–H groups in total. The van der Waals surface area contributed by atoms with Crippen LogP contribution in [-0.2, 0) is 9.47 Å². The SMILES string of the molecule is CCNC(=NCC(O)COCC1CC1)NCCCOC1CCCCC1. The van der Waals surface area contributed by atoms with Crippen LogP contribution in [0, 0.1) is 5.92 Å². The summed E-state index contributed by atoms with van der Waals surface area (Å²) in [5, 5.41) is 16.5. The molecule has 0 amide bonds. The Hall–Kier alpha value is -0.850. The molecule has 0 heterocycles. The summed E-state index contributed by atoms with van der Waals surface area (Å²) in [6.07, 6.45) is 9.87. The lowest BCUT2D eigenvalue weighted by molar-refractivity contribution is 0.0276. The zero-order valence-corrected chi connectivity index (χ0v) is 15.8. The highest BCUT2D eigenvalue weighted by Gasteiger charge is 2.21. The van der Waals surface area contributed by atoms with Crippen molar-refractivity contribution in [1.82, 2.24) is 10.6 Å². The molecule has 0 aromatic heterocycles. The van der Waals surface area contributed by atoms with E-state index in [1.54, 1.807) is 0 Å². The summed E-state index contributed by atoms with van der Waals surface area (Å²) < 4.78 is 11.4. The summed E-state index contributed by atoms with van der Waals surface area (Å²) in [4.78, 5) is 4.44. The number of hydrogen-bond donors (Lipinski definition) is 3. The first-order valence-corrected chi connectivity index (χ1v) is 10.2. The van der Waals surface area contributed by atoms with Gasteiger partial charge < -0.3 is 25.2 Å². The van der Waals surface area contributed by atoms with Crippen molar-refractivity contribution in [2.45, 2.75) is 70.5 Å². The van der Waals surface area contributed by atoms with Crippen LogP contribution in [0.1, 0.15) is 58.3 Å². The minimum absolute atomic E-state index is 0.360. The van der Waals surface area contributed by atoms with Crippen LogP contribution in [0.15, 0.2) is 4.99 Å². The van der Waals surface area contributed by atoms with Crippen molar-refractivity contribution in [1.29, 1.82) is 0 Å². The number of guanidine groups is 1. The molecule has 2 rings (SSSR count). The number of rotatable bonds is 12. The zero-order chi connectivity index (χ0) is 17.7. The van der Waals surface area contributed by atoms with E-state index >= 15 is 0 Å². The molecule has 6 nitrogen and oxygen atoms in total. The Morgan fingerprint density at radius 2 is 1.96 bits per heavy atom. The topological polar surface area (TPSA) is 75.1 Å². The van der Waals surface area contributed by atoms with Gasteiger partial charge in [0.1, 0.15) is 0 Å². The largest absolute Gasteiger partial charge is 0.389 e. The number of nitrogens with zero attached hydrogens (tertiary/aromatic N) is 1. The maximum atomic E-state index is 9.95. The van der Waals surface area contributed by atoms with Crippen LogP contribution in [-0.4, -0.2) is 62.7 Å².